The summed E-state index contributed by atoms with van der Waals surface area (Å²) in [5.41, 5.74) is 1.16. The molecule has 0 unspecified atom stereocenters. The van der Waals surface area contributed by atoms with Gasteiger partial charge in [0, 0.05) is 5.92 Å². The Kier molecular flexibility index (Phi) is 5.83. The van der Waals surface area contributed by atoms with Crippen LogP contribution >= 0.6 is 0 Å². The van der Waals surface area contributed by atoms with Crippen LogP contribution in [0.5, 0.6) is 0 Å². The maximum Gasteiger partial charge on any atom is 0.0717 e. The van der Waals surface area contributed by atoms with Gasteiger partial charge in [-0.15, -0.1) is 6.58 Å². The molecule has 0 aliphatic heterocycles. The molecular formula is C14H20O2. The molecule has 0 amide bonds. The Hall–Kier alpha value is -1.12. The lowest BCUT2D eigenvalue weighted by atomic mass is 10.0. The molecule has 1 N–H and O–H groups in total. The molecule has 0 radical (unpaired) electrons. The molecule has 0 saturated heterocycles. The molecule has 16 heavy (non-hydrogen) atoms. The van der Waals surface area contributed by atoms with Crippen LogP contribution in [0.4, 0.5) is 0 Å². The van der Waals surface area contributed by atoms with Crippen molar-refractivity contribution >= 4 is 0 Å². The topological polar surface area (TPSA) is 29.5 Å². The van der Waals surface area contributed by atoms with Gasteiger partial charge in [0.15, 0.2) is 0 Å². The standard InChI is InChI=1S/C14H20O2/c1-3-7-14(15)12(2)10-16-11-13-8-5-4-6-9-13/h3-6,8-9,12,14-15H,1,7,10-11H2,2H3/t12-,14-/m0/s1. The van der Waals surface area contributed by atoms with Crippen LogP contribution in [0.25, 0.3) is 0 Å². The summed E-state index contributed by atoms with van der Waals surface area (Å²) in [6.45, 7) is 6.77. The zero-order chi connectivity index (χ0) is 11.8. The Labute approximate surface area is 97.6 Å². The first-order chi connectivity index (χ1) is 7.74. The second kappa shape index (κ2) is 7.20. The second-order valence-corrected chi connectivity index (χ2v) is 4.07. The molecule has 0 fully saturated rings. The maximum absolute atomic E-state index is 9.66. The molecule has 88 valence electrons. The van der Waals surface area contributed by atoms with Gasteiger partial charge in [0.25, 0.3) is 0 Å². The predicted molar refractivity (Wildman–Crippen MR) is 66.1 cm³/mol. The van der Waals surface area contributed by atoms with Gasteiger partial charge in [0.05, 0.1) is 19.3 Å². The zero-order valence-electron chi connectivity index (χ0n) is 9.80. The highest BCUT2D eigenvalue weighted by Crippen LogP contribution is 2.09. The molecule has 0 saturated carbocycles. The second-order valence-electron chi connectivity index (χ2n) is 4.07. The van der Waals surface area contributed by atoms with Gasteiger partial charge >= 0.3 is 0 Å². The van der Waals surface area contributed by atoms with Crippen LogP contribution in [0.2, 0.25) is 0 Å². The highest BCUT2D eigenvalue weighted by molar-refractivity contribution is 5.13. The molecular weight excluding hydrogens is 200 g/mol. The van der Waals surface area contributed by atoms with E-state index in [4.69, 9.17) is 4.74 Å². The molecule has 0 bridgehead atoms. The quantitative estimate of drug-likeness (QED) is 0.716. The SMILES string of the molecule is C=CC[C@H](O)[C@@H](C)COCc1ccccc1. The lowest BCUT2D eigenvalue weighted by Gasteiger charge is -2.17. The summed E-state index contributed by atoms with van der Waals surface area (Å²) in [6.07, 6.45) is 2.00. The van der Waals surface area contributed by atoms with Gasteiger partial charge in [0.2, 0.25) is 0 Å². The molecule has 1 aromatic carbocycles. The Morgan fingerprint density at radius 2 is 2.06 bits per heavy atom. The van der Waals surface area contributed by atoms with E-state index in [1.54, 1.807) is 6.08 Å². The lowest BCUT2D eigenvalue weighted by molar-refractivity contribution is 0.0303. The van der Waals surface area contributed by atoms with Crippen molar-refractivity contribution < 1.29 is 9.84 Å². The first-order valence-electron chi connectivity index (χ1n) is 5.64. The largest absolute Gasteiger partial charge is 0.392 e. The van der Waals surface area contributed by atoms with Crippen molar-refractivity contribution in [1.29, 1.82) is 0 Å². The monoisotopic (exact) mass is 220 g/mol. The van der Waals surface area contributed by atoms with E-state index in [0.717, 1.165) is 5.56 Å². The fourth-order valence-corrected chi connectivity index (χ4v) is 1.45. The van der Waals surface area contributed by atoms with E-state index >= 15 is 0 Å². The van der Waals surface area contributed by atoms with Crippen molar-refractivity contribution in [3.63, 3.8) is 0 Å². The fraction of sp³-hybridized carbons (Fsp3) is 0.429. The van der Waals surface area contributed by atoms with Crippen LogP contribution in [0.1, 0.15) is 18.9 Å². The van der Waals surface area contributed by atoms with Crippen molar-refractivity contribution in [2.24, 2.45) is 5.92 Å². The van der Waals surface area contributed by atoms with Gasteiger partial charge in [-0.25, -0.2) is 0 Å². The van der Waals surface area contributed by atoms with Gasteiger partial charge in [-0.3, -0.25) is 0 Å². The summed E-state index contributed by atoms with van der Waals surface area (Å²) in [5, 5.41) is 9.66. The number of rotatable bonds is 7. The van der Waals surface area contributed by atoms with Crippen LogP contribution < -0.4 is 0 Å². The minimum atomic E-state index is -0.353. The summed E-state index contributed by atoms with van der Waals surface area (Å²) >= 11 is 0. The Morgan fingerprint density at radius 3 is 2.69 bits per heavy atom. The van der Waals surface area contributed by atoms with Crippen LogP contribution in [-0.2, 0) is 11.3 Å². The summed E-state index contributed by atoms with van der Waals surface area (Å²) in [7, 11) is 0. The van der Waals surface area contributed by atoms with E-state index in [2.05, 4.69) is 6.58 Å². The minimum Gasteiger partial charge on any atom is -0.392 e. The van der Waals surface area contributed by atoms with Crippen molar-refractivity contribution in [3.8, 4) is 0 Å². The molecule has 2 heteroatoms. The van der Waals surface area contributed by atoms with Crippen molar-refractivity contribution in [3.05, 3.63) is 48.6 Å². The lowest BCUT2D eigenvalue weighted by Crippen LogP contribution is -2.21. The van der Waals surface area contributed by atoms with Crippen LogP contribution in [0.3, 0.4) is 0 Å². The number of hydrogen-bond acceptors (Lipinski definition) is 2. The molecule has 0 heterocycles. The molecule has 0 aliphatic carbocycles. The van der Waals surface area contributed by atoms with E-state index < -0.39 is 0 Å². The summed E-state index contributed by atoms with van der Waals surface area (Å²) in [4.78, 5) is 0. The van der Waals surface area contributed by atoms with Crippen LogP contribution in [-0.4, -0.2) is 17.8 Å². The van der Waals surface area contributed by atoms with E-state index in [1.165, 1.54) is 0 Å². The Balaban J connectivity index is 2.22. The Bertz CT molecular complexity index is 295. The van der Waals surface area contributed by atoms with E-state index in [1.807, 2.05) is 37.3 Å². The normalized spacial score (nSPS) is 14.4. The molecule has 2 nitrogen and oxygen atoms in total. The van der Waals surface area contributed by atoms with Gasteiger partial charge in [-0.2, -0.15) is 0 Å². The minimum absolute atomic E-state index is 0.140. The van der Waals surface area contributed by atoms with Gasteiger partial charge < -0.3 is 9.84 Å². The van der Waals surface area contributed by atoms with Crippen LogP contribution in [0.15, 0.2) is 43.0 Å². The highest BCUT2D eigenvalue weighted by atomic mass is 16.5. The van der Waals surface area contributed by atoms with E-state index in [0.29, 0.717) is 19.6 Å². The van der Waals surface area contributed by atoms with Crippen molar-refractivity contribution in [2.75, 3.05) is 6.61 Å². The molecule has 0 aromatic heterocycles. The smallest absolute Gasteiger partial charge is 0.0717 e. The van der Waals surface area contributed by atoms with E-state index in [-0.39, 0.29) is 12.0 Å². The number of ether oxygens (including phenoxy) is 1. The third kappa shape index (κ3) is 4.60. The first kappa shape index (κ1) is 12.9. The highest BCUT2D eigenvalue weighted by Gasteiger charge is 2.12. The summed E-state index contributed by atoms with van der Waals surface area (Å²) in [5.74, 6) is 0.140. The maximum atomic E-state index is 9.66. The third-order valence-electron chi connectivity index (χ3n) is 2.56. The molecule has 0 spiro atoms. The third-order valence-corrected chi connectivity index (χ3v) is 2.56. The van der Waals surface area contributed by atoms with Gasteiger partial charge in [-0.05, 0) is 12.0 Å². The molecule has 1 aromatic rings. The number of aliphatic hydroxyl groups excluding tert-OH is 1. The summed E-state index contributed by atoms with van der Waals surface area (Å²) in [6, 6.07) is 10.0. The van der Waals surface area contributed by atoms with Crippen LogP contribution in [0, 0.1) is 5.92 Å². The fourth-order valence-electron chi connectivity index (χ4n) is 1.45. The summed E-state index contributed by atoms with van der Waals surface area (Å²) < 4.78 is 5.55. The predicted octanol–water partition coefficient (Wildman–Crippen LogP) is 2.78. The average Bonchev–Trinajstić information content (AvgIpc) is 2.30. The number of benzene rings is 1. The van der Waals surface area contributed by atoms with E-state index in [9.17, 15) is 5.11 Å². The molecule has 1 rings (SSSR count). The number of hydrogen-bond donors (Lipinski definition) is 1. The van der Waals surface area contributed by atoms with Gasteiger partial charge in [0.1, 0.15) is 0 Å². The average molecular weight is 220 g/mol. The molecule has 0 aliphatic rings. The van der Waals surface area contributed by atoms with Crippen molar-refractivity contribution in [2.45, 2.75) is 26.1 Å². The Morgan fingerprint density at radius 1 is 1.38 bits per heavy atom. The molecule has 2 atom stereocenters. The zero-order valence-corrected chi connectivity index (χ0v) is 9.80. The van der Waals surface area contributed by atoms with Gasteiger partial charge in [-0.1, -0.05) is 43.3 Å². The van der Waals surface area contributed by atoms with Crippen molar-refractivity contribution in [1.82, 2.24) is 0 Å². The first-order valence-corrected chi connectivity index (χ1v) is 5.64. The number of aliphatic hydroxyl groups is 1.